The molecule has 116 valence electrons. The minimum Gasteiger partial charge on any atom is -0.290 e. The second-order valence-corrected chi connectivity index (χ2v) is 6.56. The zero-order chi connectivity index (χ0) is 14.9. The molecule has 4 heteroatoms. The Labute approximate surface area is 132 Å². The molecule has 1 fully saturated rings. The van der Waals surface area contributed by atoms with Gasteiger partial charge in [0, 0.05) is 11.6 Å². The monoisotopic (exact) mass is 296 g/mol. The third-order valence-electron chi connectivity index (χ3n) is 5.17. The first-order chi connectivity index (χ1) is 10.9. The lowest BCUT2D eigenvalue weighted by molar-refractivity contribution is 0.115. The van der Waals surface area contributed by atoms with E-state index in [0.29, 0.717) is 12.1 Å². The first-order valence-electron chi connectivity index (χ1n) is 8.63. The van der Waals surface area contributed by atoms with Gasteiger partial charge in [-0.3, -0.25) is 4.90 Å². The quantitative estimate of drug-likeness (QED) is 0.863. The molecular weight excluding hydrogens is 272 g/mol. The van der Waals surface area contributed by atoms with Gasteiger partial charge in [-0.05, 0) is 25.8 Å². The van der Waals surface area contributed by atoms with Crippen molar-refractivity contribution in [3.63, 3.8) is 0 Å². The molecule has 2 atom stereocenters. The molecule has 0 aliphatic carbocycles. The van der Waals surface area contributed by atoms with Crippen LogP contribution >= 0.6 is 0 Å². The van der Waals surface area contributed by atoms with E-state index in [2.05, 4.69) is 57.1 Å². The predicted octanol–water partition coefficient (Wildman–Crippen LogP) is 3.65. The van der Waals surface area contributed by atoms with Gasteiger partial charge in [-0.15, -0.1) is 5.10 Å². The number of aromatic nitrogens is 3. The van der Waals surface area contributed by atoms with Crippen molar-refractivity contribution in [1.29, 1.82) is 0 Å². The Bertz CT molecular complexity index is 634. The van der Waals surface area contributed by atoms with Crippen LogP contribution in [0.15, 0.2) is 30.3 Å². The van der Waals surface area contributed by atoms with Gasteiger partial charge in [0.2, 0.25) is 0 Å². The Kier molecular flexibility index (Phi) is 3.70. The molecule has 4 nitrogen and oxygen atoms in total. The molecule has 2 aromatic rings. The Hall–Kier alpha value is -1.68. The summed E-state index contributed by atoms with van der Waals surface area (Å²) < 4.78 is 2.19. The Morgan fingerprint density at radius 3 is 2.91 bits per heavy atom. The number of benzene rings is 1. The van der Waals surface area contributed by atoms with Gasteiger partial charge in [0.05, 0.1) is 18.3 Å². The third-order valence-corrected chi connectivity index (χ3v) is 5.17. The van der Waals surface area contributed by atoms with Gasteiger partial charge < -0.3 is 0 Å². The first-order valence-corrected chi connectivity index (χ1v) is 8.63. The molecule has 0 spiro atoms. The van der Waals surface area contributed by atoms with Gasteiger partial charge >= 0.3 is 0 Å². The van der Waals surface area contributed by atoms with Crippen LogP contribution in [0.1, 0.15) is 50.8 Å². The number of hydrogen-bond acceptors (Lipinski definition) is 3. The number of fused-ring (bicyclic) bond motifs is 2. The summed E-state index contributed by atoms with van der Waals surface area (Å²) in [5, 5.41) is 9.03. The summed E-state index contributed by atoms with van der Waals surface area (Å²) in [6, 6.07) is 11.7. The van der Waals surface area contributed by atoms with Crippen molar-refractivity contribution in [3.05, 3.63) is 36.0 Å². The van der Waals surface area contributed by atoms with Crippen molar-refractivity contribution >= 4 is 0 Å². The Morgan fingerprint density at radius 1 is 1.23 bits per heavy atom. The lowest BCUT2D eigenvalue weighted by Gasteiger charge is -2.38. The first kappa shape index (κ1) is 13.9. The van der Waals surface area contributed by atoms with Crippen LogP contribution in [-0.4, -0.2) is 32.5 Å². The maximum Gasteiger partial charge on any atom is 0.117 e. The highest BCUT2D eigenvalue weighted by Gasteiger charge is 2.39. The number of rotatable bonds is 4. The van der Waals surface area contributed by atoms with Crippen LogP contribution in [0.4, 0.5) is 0 Å². The molecule has 0 amide bonds. The van der Waals surface area contributed by atoms with Gasteiger partial charge in [0.15, 0.2) is 0 Å². The highest BCUT2D eigenvalue weighted by molar-refractivity contribution is 5.62. The van der Waals surface area contributed by atoms with Crippen LogP contribution < -0.4 is 0 Å². The fourth-order valence-electron chi connectivity index (χ4n) is 4.11. The summed E-state index contributed by atoms with van der Waals surface area (Å²) in [4.78, 5) is 2.72. The van der Waals surface area contributed by atoms with Crippen molar-refractivity contribution in [1.82, 2.24) is 19.9 Å². The zero-order valence-electron chi connectivity index (χ0n) is 13.3. The molecule has 1 saturated heterocycles. The fraction of sp³-hybridized carbons (Fsp3) is 0.556. The van der Waals surface area contributed by atoms with E-state index in [-0.39, 0.29) is 0 Å². The molecule has 4 rings (SSSR count). The topological polar surface area (TPSA) is 34.0 Å². The minimum atomic E-state index is 0.492. The molecule has 22 heavy (non-hydrogen) atoms. The smallest absolute Gasteiger partial charge is 0.117 e. The van der Waals surface area contributed by atoms with Crippen LogP contribution in [0.5, 0.6) is 0 Å². The van der Waals surface area contributed by atoms with Gasteiger partial charge in [-0.1, -0.05) is 55.3 Å². The van der Waals surface area contributed by atoms with Crippen molar-refractivity contribution in [2.75, 3.05) is 6.54 Å². The fourth-order valence-corrected chi connectivity index (χ4v) is 4.11. The molecule has 1 aromatic carbocycles. The molecule has 0 saturated carbocycles. The van der Waals surface area contributed by atoms with Gasteiger partial charge in [-0.25, -0.2) is 4.68 Å². The molecular formula is C18H24N4. The Morgan fingerprint density at radius 2 is 2.09 bits per heavy atom. The molecule has 0 unspecified atom stereocenters. The van der Waals surface area contributed by atoms with Gasteiger partial charge in [-0.2, -0.15) is 0 Å². The lowest BCUT2D eigenvalue weighted by Crippen LogP contribution is -2.42. The SMILES string of the molecule is CCCC[C@H]1c2c(-c3ccccc3)nnn2C[C@@H]2CCCN21. The zero-order valence-corrected chi connectivity index (χ0v) is 13.3. The second kappa shape index (κ2) is 5.84. The van der Waals surface area contributed by atoms with E-state index < -0.39 is 0 Å². The molecule has 0 N–H and O–H groups in total. The summed E-state index contributed by atoms with van der Waals surface area (Å²) in [6.45, 7) is 4.52. The molecule has 2 aliphatic rings. The molecule has 0 bridgehead atoms. The van der Waals surface area contributed by atoms with Crippen LogP contribution in [0.2, 0.25) is 0 Å². The highest BCUT2D eigenvalue weighted by Crippen LogP contribution is 2.40. The number of unbranched alkanes of at least 4 members (excludes halogenated alkanes) is 1. The largest absolute Gasteiger partial charge is 0.290 e. The summed E-state index contributed by atoms with van der Waals surface area (Å²) in [7, 11) is 0. The van der Waals surface area contributed by atoms with Crippen molar-refractivity contribution in [2.24, 2.45) is 0 Å². The summed E-state index contributed by atoms with van der Waals surface area (Å²) >= 11 is 0. The van der Waals surface area contributed by atoms with Crippen LogP contribution in [0.25, 0.3) is 11.3 Å². The third kappa shape index (κ3) is 2.26. The summed E-state index contributed by atoms with van der Waals surface area (Å²) in [5.41, 5.74) is 3.63. The average Bonchev–Trinajstić information content (AvgIpc) is 3.19. The number of nitrogens with zero attached hydrogens (tertiary/aromatic N) is 4. The molecule has 0 radical (unpaired) electrons. The predicted molar refractivity (Wildman–Crippen MR) is 87.5 cm³/mol. The molecule has 1 aromatic heterocycles. The van der Waals surface area contributed by atoms with Crippen LogP contribution in [0, 0.1) is 0 Å². The maximum absolute atomic E-state index is 4.54. The summed E-state index contributed by atoms with van der Waals surface area (Å²) in [6.07, 6.45) is 6.37. The van der Waals surface area contributed by atoms with Crippen molar-refractivity contribution in [2.45, 2.75) is 57.7 Å². The second-order valence-electron chi connectivity index (χ2n) is 6.56. The highest BCUT2D eigenvalue weighted by atomic mass is 15.5. The minimum absolute atomic E-state index is 0.492. The Balaban J connectivity index is 1.77. The molecule has 2 aliphatic heterocycles. The van der Waals surface area contributed by atoms with Crippen LogP contribution in [-0.2, 0) is 6.54 Å². The van der Waals surface area contributed by atoms with Crippen molar-refractivity contribution < 1.29 is 0 Å². The standard InChI is InChI=1S/C18H24N4/c1-2-3-11-16-18-17(14-8-5-4-6-9-14)19-20-22(18)13-15-10-7-12-21(15)16/h4-6,8-9,15-16H,2-3,7,10-13H2,1H3/t15-,16-/m0/s1. The van der Waals surface area contributed by atoms with Crippen molar-refractivity contribution in [3.8, 4) is 11.3 Å². The van der Waals surface area contributed by atoms with Gasteiger partial charge in [0.1, 0.15) is 5.69 Å². The van der Waals surface area contributed by atoms with E-state index >= 15 is 0 Å². The van der Waals surface area contributed by atoms with E-state index in [0.717, 1.165) is 12.2 Å². The summed E-state index contributed by atoms with van der Waals surface area (Å²) in [5.74, 6) is 0. The van der Waals surface area contributed by atoms with Gasteiger partial charge in [0.25, 0.3) is 0 Å². The van der Waals surface area contributed by atoms with E-state index in [1.165, 1.54) is 49.9 Å². The van der Waals surface area contributed by atoms with E-state index in [9.17, 15) is 0 Å². The normalized spacial score (nSPS) is 24.2. The molecule has 3 heterocycles. The van der Waals surface area contributed by atoms with E-state index in [1.807, 2.05) is 0 Å². The average molecular weight is 296 g/mol. The number of hydrogen-bond donors (Lipinski definition) is 0. The van der Waals surface area contributed by atoms with Crippen LogP contribution in [0.3, 0.4) is 0 Å². The lowest BCUT2D eigenvalue weighted by atomic mass is 9.96. The maximum atomic E-state index is 4.54. The van der Waals surface area contributed by atoms with E-state index in [4.69, 9.17) is 0 Å². The van der Waals surface area contributed by atoms with E-state index in [1.54, 1.807) is 0 Å².